The molecule has 75 heavy (non-hydrogen) atoms. The van der Waals surface area contributed by atoms with Crippen LogP contribution in [0.5, 0.6) is 0 Å². The Morgan fingerprint density at radius 2 is 1.17 bits per heavy atom. The van der Waals surface area contributed by atoms with E-state index in [1.807, 2.05) is 53.7 Å². The van der Waals surface area contributed by atoms with Crippen LogP contribution in [0.15, 0.2) is 188 Å². The predicted molar refractivity (Wildman–Crippen MR) is 337 cm³/mol. The molecule has 0 radical (unpaired) electrons. The Hall–Kier alpha value is -6.76. The van der Waals surface area contributed by atoms with Crippen molar-refractivity contribution in [1.82, 2.24) is 0 Å². The highest BCUT2D eigenvalue weighted by atomic mass is 14.5. The maximum absolute atomic E-state index is 4.28. The third kappa shape index (κ3) is 12.5. The molecule has 1 atom stereocenters. The molecule has 0 heteroatoms. The minimum Gasteiger partial charge on any atom is -0.0984 e. The van der Waals surface area contributed by atoms with Gasteiger partial charge in [-0.1, -0.05) is 261 Å². The molecule has 5 aliphatic carbocycles. The average Bonchev–Trinajstić information content (AvgIpc) is 4.01. The molecular weight excluding hydrogens is 901 g/mol. The van der Waals surface area contributed by atoms with E-state index in [0.717, 1.165) is 25.7 Å². The summed E-state index contributed by atoms with van der Waals surface area (Å²) in [6, 6.07) is 40.8. The first-order chi connectivity index (χ1) is 36.7. The highest BCUT2D eigenvalue weighted by molar-refractivity contribution is 6.00. The molecule has 1 unspecified atom stereocenters. The standard InChI is InChI=1S/C44H40.C19H18.C4H10.C4H8.2C2H6/c1-5-33-29-44(42-22-11-9-20-39(33)42)41(36(6-2)40-21-10-12-23-43(40)44)24-14-17-32-16-13-18-34(28-32)35-25-26-38(31(4)27-35)37-19-8-7-15-30(37)3;1-13-10-11-18-16-8-3-2-6-14(16)15-7-4-5-9-17(15)19(18)12-13;2*1-3-4-2;2*1-2/h6,8-14,16,18-29H,2,5,7,15,17H2,1,3-4H3;3,5,8-12H,2,4,6-7H2,1H3;3-4H2,1-2H3;3-4H,1-2H3;2*1-2H3/b24-14-;;;4-3-;;. The smallest absolute Gasteiger partial charge is 0.0655 e. The molecule has 0 aliphatic heterocycles. The van der Waals surface area contributed by atoms with Gasteiger partial charge in [-0.2, -0.15) is 0 Å². The number of hydrogen-bond donors (Lipinski definition) is 0. The molecule has 0 fully saturated rings. The van der Waals surface area contributed by atoms with Gasteiger partial charge in [-0.05, 0) is 191 Å². The summed E-state index contributed by atoms with van der Waals surface area (Å²) in [5.41, 5.74) is 26.1. The SMILES string of the molecule is C/C=C\C.C=CC1=C(/C=C\Cc2cccc(-c3ccc(C4=C(C)CCC=C4)c(C)c3)c2)C2(C=C(CC)c3ccccc32)c2ccccc21.CC.CC.CCCC.Cc1ccc2c3c(c4c(c2c1)C=CCC4)CCC=C3. The Morgan fingerprint density at radius 3 is 1.79 bits per heavy atom. The van der Waals surface area contributed by atoms with Crippen molar-refractivity contribution < 1.29 is 0 Å². The number of unbranched alkanes of at least 4 members (excludes halogenated alkanes) is 1. The van der Waals surface area contributed by atoms with E-state index in [0.29, 0.717) is 0 Å². The Morgan fingerprint density at radius 1 is 0.573 bits per heavy atom. The van der Waals surface area contributed by atoms with Crippen LogP contribution < -0.4 is 0 Å². The Kier molecular flexibility index (Phi) is 21.6. The summed E-state index contributed by atoms with van der Waals surface area (Å²) >= 11 is 0. The van der Waals surface area contributed by atoms with Crippen molar-refractivity contribution in [3.63, 3.8) is 0 Å². The van der Waals surface area contributed by atoms with Gasteiger partial charge in [-0.25, -0.2) is 0 Å². The summed E-state index contributed by atoms with van der Waals surface area (Å²) in [6.07, 6.45) is 38.9. The van der Waals surface area contributed by atoms with Gasteiger partial charge >= 0.3 is 0 Å². The molecule has 0 N–H and O–H groups in total. The molecule has 6 aromatic rings. The van der Waals surface area contributed by atoms with Crippen LogP contribution in [-0.2, 0) is 24.7 Å². The number of aryl methyl sites for hydroxylation is 2. The van der Waals surface area contributed by atoms with Gasteiger partial charge in [0.2, 0.25) is 0 Å². The number of fused-ring (bicyclic) bond motifs is 10. The lowest BCUT2D eigenvalue weighted by Gasteiger charge is -2.28. The zero-order valence-electron chi connectivity index (χ0n) is 48.1. The molecule has 5 aliphatic rings. The van der Waals surface area contributed by atoms with Crippen molar-refractivity contribution >= 4 is 39.6 Å². The van der Waals surface area contributed by atoms with Gasteiger partial charge in [0.15, 0.2) is 0 Å². The normalized spacial score (nSPS) is 16.2. The predicted octanol–water partition coefficient (Wildman–Crippen LogP) is 22.1. The topological polar surface area (TPSA) is 0 Å². The molecule has 0 bridgehead atoms. The fraction of sp³-hybridized carbons (Fsp3) is 0.307. The van der Waals surface area contributed by atoms with Crippen molar-refractivity contribution in [3.05, 3.63) is 254 Å². The average molecular weight is 990 g/mol. The monoisotopic (exact) mass is 989 g/mol. The van der Waals surface area contributed by atoms with Crippen LogP contribution in [0, 0.1) is 13.8 Å². The van der Waals surface area contributed by atoms with Crippen LogP contribution in [0.1, 0.15) is 181 Å². The number of benzene rings is 6. The second-order valence-electron chi connectivity index (χ2n) is 19.8. The number of hydrogen-bond acceptors (Lipinski definition) is 0. The lowest BCUT2D eigenvalue weighted by molar-refractivity contribution is 0.812. The van der Waals surface area contributed by atoms with Crippen LogP contribution in [0.25, 0.3) is 50.8 Å². The minimum atomic E-state index is -0.277. The minimum absolute atomic E-state index is 0.277. The van der Waals surface area contributed by atoms with Crippen LogP contribution in [0.4, 0.5) is 0 Å². The molecule has 6 aromatic carbocycles. The molecule has 0 saturated carbocycles. The molecule has 0 saturated heterocycles. The van der Waals surface area contributed by atoms with E-state index in [1.54, 1.807) is 11.1 Å². The summed E-state index contributed by atoms with van der Waals surface area (Å²) < 4.78 is 0. The lowest BCUT2D eigenvalue weighted by atomic mass is 9.73. The zero-order chi connectivity index (χ0) is 53.9. The first kappa shape index (κ1) is 57.5. The third-order valence-corrected chi connectivity index (χ3v) is 15.2. The van der Waals surface area contributed by atoms with Gasteiger partial charge in [0, 0.05) is 0 Å². The fourth-order valence-corrected chi connectivity index (χ4v) is 11.3. The molecule has 0 nitrogen and oxygen atoms in total. The maximum atomic E-state index is 4.28. The van der Waals surface area contributed by atoms with Crippen molar-refractivity contribution in [2.24, 2.45) is 0 Å². The van der Waals surface area contributed by atoms with Crippen LogP contribution >= 0.6 is 0 Å². The summed E-state index contributed by atoms with van der Waals surface area (Å²) in [5.74, 6) is 0. The van der Waals surface area contributed by atoms with Gasteiger partial charge in [0.05, 0.1) is 5.41 Å². The molecular formula is C75H88. The zero-order valence-corrected chi connectivity index (χ0v) is 48.1. The molecule has 0 heterocycles. The van der Waals surface area contributed by atoms with E-state index in [9.17, 15) is 0 Å². The lowest BCUT2D eigenvalue weighted by Crippen LogP contribution is -2.23. The molecule has 11 rings (SSSR count). The number of allylic oxidation sites excluding steroid dienone is 15. The maximum Gasteiger partial charge on any atom is 0.0655 e. The Labute approximate surface area is 455 Å². The van der Waals surface area contributed by atoms with Crippen molar-refractivity contribution in [1.29, 1.82) is 0 Å². The largest absolute Gasteiger partial charge is 0.0984 e. The van der Waals surface area contributed by atoms with Gasteiger partial charge in [0.25, 0.3) is 0 Å². The first-order valence-corrected chi connectivity index (χ1v) is 28.7. The van der Waals surface area contributed by atoms with Crippen molar-refractivity contribution in [2.75, 3.05) is 0 Å². The second kappa shape index (κ2) is 28.2. The molecule has 1 spiro atoms. The van der Waals surface area contributed by atoms with E-state index in [2.05, 4.69) is 218 Å². The van der Waals surface area contributed by atoms with Crippen LogP contribution in [-0.4, -0.2) is 0 Å². The van der Waals surface area contributed by atoms with Crippen LogP contribution in [0.2, 0.25) is 0 Å². The van der Waals surface area contributed by atoms with E-state index in [4.69, 9.17) is 0 Å². The van der Waals surface area contributed by atoms with Crippen LogP contribution in [0.3, 0.4) is 0 Å². The van der Waals surface area contributed by atoms with E-state index < -0.39 is 0 Å². The Balaban J connectivity index is 0.000000242. The first-order valence-electron chi connectivity index (χ1n) is 28.7. The molecule has 0 amide bonds. The van der Waals surface area contributed by atoms with Gasteiger partial charge in [0.1, 0.15) is 0 Å². The highest BCUT2D eigenvalue weighted by Gasteiger charge is 2.47. The van der Waals surface area contributed by atoms with Crippen molar-refractivity contribution in [3.8, 4) is 11.1 Å². The summed E-state index contributed by atoms with van der Waals surface area (Å²) in [4.78, 5) is 0. The second-order valence-corrected chi connectivity index (χ2v) is 19.8. The van der Waals surface area contributed by atoms with E-state index >= 15 is 0 Å². The molecule has 0 aromatic heterocycles. The summed E-state index contributed by atoms with van der Waals surface area (Å²) in [5, 5.41) is 2.87. The number of rotatable bonds is 8. The van der Waals surface area contributed by atoms with Gasteiger partial charge in [-0.15, -0.1) is 0 Å². The van der Waals surface area contributed by atoms with Gasteiger partial charge < -0.3 is 0 Å². The fourth-order valence-electron chi connectivity index (χ4n) is 11.3. The van der Waals surface area contributed by atoms with E-state index in [-0.39, 0.29) is 5.41 Å². The van der Waals surface area contributed by atoms with Crippen molar-refractivity contribution in [2.45, 2.75) is 153 Å². The summed E-state index contributed by atoms with van der Waals surface area (Å²) in [7, 11) is 0. The molecule has 388 valence electrons. The Bertz CT molecular complexity index is 3170. The van der Waals surface area contributed by atoms with Gasteiger partial charge in [-0.3, -0.25) is 0 Å². The quantitative estimate of drug-likeness (QED) is 0.133. The summed E-state index contributed by atoms with van der Waals surface area (Å²) in [6.45, 7) is 29.6. The van der Waals surface area contributed by atoms with E-state index in [1.165, 1.54) is 144 Å². The third-order valence-electron chi connectivity index (χ3n) is 15.2. The highest BCUT2D eigenvalue weighted by Crippen LogP contribution is 2.58.